The van der Waals surface area contributed by atoms with Crippen LogP contribution in [-0.4, -0.2) is 5.11 Å². The van der Waals surface area contributed by atoms with Gasteiger partial charge >= 0.3 is 0 Å². The van der Waals surface area contributed by atoms with Gasteiger partial charge in [0.1, 0.15) is 18.1 Å². The molecular weight excluding hydrogens is 340 g/mol. The highest BCUT2D eigenvalue weighted by Gasteiger charge is 2.09. The van der Waals surface area contributed by atoms with Crippen molar-refractivity contribution in [2.75, 3.05) is 0 Å². The Morgan fingerprint density at radius 3 is 2.14 bits per heavy atom. The van der Waals surface area contributed by atoms with E-state index in [-0.39, 0.29) is 5.75 Å². The maximum absolute atomic E-state index is 10.0. The van der Waals surface area contributed by atoms with Crippen LogP contribution in [0.3, 0.4) is 0 Å². The van der Waals surface area contributed by atoms with Crippen LogP contribution in [0.1, 0.15) is 5.56 Å². The number of hydrogen-bond acceptors (Lipinski definition) is 2. The fourth-order valence-corrected chi connectivity index (χ4v) is 2.52. The molecule has 0 bridgehead atoms. The van der Waals surface area contributed by atoms with Crippen molar-refractivity contribution in [2.45, 2.75) is 6.61 Å². The molecule has 0 radical (unpaired) electrons. The molecule has 0 fully saturated rings. The van der Waals surface area contributed by atoms with Crippen molar-refractivity contribution in [1.82, 2.24) is 0 Å². The molecule has 0 spiro atoms. The molecule has 0 saturated carbocycles. The minimum atomic E-state index is 0.252. The van der Waals surface area contributed by atoms with E-state index in [0.29, 0.717) is 6.61 Å². The Morgan fingerprint density at radius 1 is 0.773 bits per heavy atom. The molecule has 0 aromatic heterocycles. The first-order chi connectivity index (χ1) is 10.7. The fraction of sp³-hybridized carbons (Fsp3) is 0.0526. The molecule has 0 saturated heterocycles. The van der Waals surface area contributed by atoms with Crippen molar-refractivity contribution in [1.29, 1.82) is 0 Å². The van der Waals surface area contributed by atoms with Gasteiger partial charge in [-0.3, -0.25) is 0 Å². The van der Waals surface area contributed by atoms with Crippen molar-refractivity contribution in [3.05, 3.63) is 82.8 Å². The maximum Gasteiger partial charge on any atom is 0.127 e. The van der Waals surface area contributed by atoms with Crippen molar-refractivity contribution in [2.24, 2.45) is 0 Å². The summed E-state index contributed by atoms with van der Waals surface area (Å²) in [5.41, 5.74) is 2.75. The summed E-state index contributed by atoms with van der Waals surface area (Å²) in [4.78, 5) is 0. The van der Waals surface area contributed by atoms with E-state index >= 15 is 0 Å². The summed E-state index contributed by atoms with van der Waals surface area (Å²) in [6.45, 7) is 0.484. The molecule has 3 aromatic rings. The van der Waals surface area contributed by atoms with Gasteiger partial charge in [0.2, 0.25) is 0 Å². The van der Waals surface area contributed by atoms with E-state index < -0.39 is 0 Å². The quantitative estimate of drug-likeness (QED) is 0.679. The molecule has 0 aliphatic heterocycles. The molecule has 3 rings (SSSR count). The number of phenolic OH excluding ortho intramolecular Hbond substituents is 1. The topological polar surface area (TPSA) is 29.5 Å². The van der Waals surface area contributed by atoms with Crippen LogP contribution < -0.4 is 4.74 Å². The maximum atomic E-state index is 10.0. The summed E-state index contributed by atoms with van der Waals surface area (Å²) in [7, 11) is 0. The highest BCUT2D eigenvalue weighted by molar-refractivity contribution is 9.10. The van der Waals surface area contributed by atoms with E-state index in [1.165, 1.54) is 0 Å². The van der Waals surface area contributed by atoms with Crippen molar-refractivity contribution < 1.29 is 9.84 Å². The normalized spacial score (nSPS) is 10.4. The summed E-state index contributed by atoms with van der Waals surface area (Å²) < 4.78 is 6.99. The third-order valence-corrected chi connectivity index (χ3v) is 3.92. The highest BCUT2D eigenvalue weighted by atomic mass is 79.9. The molecule has 0 aliphatic rings. The monoisotopic (exact) mass is 354 g/mol. The van der Waals surface area contributed by atoms with Gasteiger partial charge < -0.3 is 9.84 Å². The van der Waals surface area contributed by atoms with E-state index in [1.54, 1.807) is 6.07 Å². The van der Waals surface area contributed by atoms with E-state index in [9.17, 15) is 5.11 Å². The van der Waals surface area contributed by atoms with Crippen LogP contribution in [0.15, 0.2) is 77.3 Å². The number of aromatic hydroxyl groups is 1. The van der Waals surface area contributed by atoms with Gasteiger partial charge in [0.15, 0.2) is 0 Å². The molecule has 22 heavy (non-hydrogen) atoms. The second kappa shape index (κ2) is 6.67. The predicted octanol–water partition coefficient (Wildman–Crippen LogP) is 5.40. The Morgan fingerprint density at radius 2 is 1.41 bits per heavy atom. The van der Waals surface area contributed by atoms with Gasteiger partial charge in [-0.1, -0.05) is 64.5 Å². The van der Waals surface area contributed by atoms with Gasteiger partial charge in [0.25, 0.3) is 0 Å². The van der Waals surface area contributed by atoms with Gasteiger partial charge in [-0.25, -0.2) is 0 Å². The molecule has 0 atom stereocenters. The zero-order valence-corrected chi connectivity index (χ0v) is 13.5. The first-order valence-electron chi connectivity index (χ1n) is 6.99. The highest BCUT2D eigenvalue weighted by Crippen LogP contribution is 2.35. The molecule has 0 heterocycles. The fourth-order valence-electron chi connectivity index (χ4n) is 2.26. The first kappa shape index (κ1) is 14.7. The van der Waals surface area contributed by atoms with Gasteiger partial charge in [-0.05, 0) is 29.8 Å². The lowest BCUT2D eigenvalue weighted by atomic mass is 10.0. The van der Waals surface area contributed by atoms with E-state index in [1.807, 2.05) is 66.7 Å². The first-order valence-corrected chi connectivity index (χ1v) is 7.78. The molecule has 3 heteroatoms. The van der Waals surface area contributed by atoms with Crippen LogP contribution in [-0.2, 0) is 6.61 Å². The van der Waals surface area contributed by atoms with Crippen molar-refractivity contribution in [3.63, 3.8) is 0 Å². The molecule has 110 valence electrons. The zero-order valence-electron chi connectivity index (χ0n) is 11.9. The summed E-state index contributed by atoms with van der Waals surface area (Å²) in [6.07, 6.45) is 0. The minimum Gasteiger partial charge on any atom is -0.507 e. The van der Waals surface area contributed by atoms with Crippen molar-refractivity contribution in [3.8, 4) is 22.6 Å². The average molecular weight is 355 g/mol. The summed E-state index contributed by atoms with van der Waals surface area (Å²) in [6, 6.07) is 23.0. The van der Waals surface area contributed by atoms with E-state index in [2.05, 4.69) is 15.9 Å². The lowest BCUT2D eigenvalue weighted by Crippen LogP contribution is -1.96. The van der Waals surface area contributed by atoms with Gasteiger partial charge in [-0.15, -0.1) is 0 Å². The molecule has 0 unspecified atom stereocenters. The van der Waals surface area contributed by atoms with E-state index in [4.69, 9.17) is 4.74 Å². The van der Waals surface area contributed by atoms with Gasteiger partial charge in [0, 0.05) is 15.6 Å². The second-order valence-electron chi connectivity index (χ2n) is 4.93. The third-order valence-electron chi connectivity index (χ3n) is 3.39. The van der Waals surface area contributed by atoms with Crippen LogP contribution in [0.25, 0.3) is 11.1 Å². The number of halogens is 1. The third kappa shape index (κ3) is 3.31. The number of benzene rings is 3. The molecule has 2 nitrogen and oxygen atoms in total. The van der Waals surface area contributed by atoms with Gasteiger partial charge in [-0.2, -0.15) is 0 Å². The summed E-state index contributed by atoms with van der Waals surface area (Å²) in [5.74, 6) is 1.01. The van der Waals surface area contributed by atoms with Gasteiger partial charge in [0.05, 0.1) is 0 Å². The number of hydrogen-bond donors (Lipinski definition) is 1. The van der Waals surface area contributed by atoms with Crippen LogP contribution in [0.2, 0.25) is 0 Å². The standard InChI is InChI=1S/C19H15BrO2/c20-15-11-9-14(10-12-15)13-22-19-8-4-2-6-17(19)16-5-1-3-7-18(16)21/h1-12,21H,13H2. The van der Waals surface area contributed by atoms with Crippen LogP contribution >= 0.6 is 15.9 Å². The van der Waals surface area contributed by atoms with Crippen LogP contribution in [0, 0.1) is 0 Å². The molecular formula is C19H15BrO2. The smallest absolute Gasteiger partial charge is 0.127 e. The largest absolute Gasteiger partial charge is 0.507 e. The van der Waals surface area contributed by atoms with Crippen LogP contribution in [0.4, 0.5) is 0 Å². The Labute approximate surface area is 138 Å². The Bertz CT molecular complexity index is 766. The average Bonchev–Trinajstić information content (AvgIpc) is 2.55. The van der Waals surface area contributed by atoms with Crippen LogP contribution in [0.5, 0.6) is 11.5 Å². The summed E-state index contributed by atoms with van der Waals surface area (Å²) in [5, 5.41) is 10.0. The Hall–Kier alpha value is -2.26. The SMILES string of the molecule is Oc1ccccc1-c1ccccc1OCc1ccc(Br)cc1. The van der Waals surface area contributed by atoms with E-state index in [0.717, 1.165) is 26.9 Å². The molecule has 0 amide bonds. The zero-order chi connectivity index (χ0) is 15.4. The Kier molecular flexibility index (Phi) is 4.45. The lowest BCUT2D eigenvalue weighted by molar-refractivity contribution is 0.307. The summed E-state index contributed by atoms with van der Waals surface area (Å²) >= 11 is 3.42. The number of phenols is 1. The second-order valence-corrected chi connectivity index (χ2v) is 5.84. The molecule has 0 aliphatic carbocycles. The molecule has 3 aromatic carbocycles. The number of rotatable bonds is 4. The minimum absolute atomic E-state index is 0.252. The molecule has 1 N–H and O–H groups in total. The number of para-hydroxylation sites is 2. The predicted molar refractivity (Wildman–Crippen MR) is 92.0 cm³/mol. The number of ether oxygens (including phenoxy) is 1. The lowest BCUT2D eigenvalue weighted by Gasteiger charge is -2.12. The Balaban J connectivity index is 1.86. The van der Waals surface area contributed by atoms with Crippen molar-refractivity contribution >= 4 is 15.9 Å².